The summed E-state index contributed by atoms with van der Waals surface area (Å²) in [5, 5.41) is 17.6. The van der Waals surface area contributed by atoms with Gasteiger partial charge in [-0.3, -0.25) is 9.78 Å². The standard InChI is InChI=1S/C26H22N4O4S/c1-16-6-8-17(9-7-16)15-35-26-28-25(33)23-20-4-2-3-5-21(20)27-24(30(23)29-26)18-10-12-19(13-11-18)34-14-22(31)32/h2-13,24H,14-15H2,1H3,(H2,28,29,31,32,33)/p+1/t24-/m0/s1. The molecule has 3 N–H and O–H groups in total. The molecule has 0 unspecified atom stereocenters. The van der Waals surface area contributed by atoms with Crippen molar-refractivity contribution >= 4 is 23.4 Å². The molecule has 1 aromatic heterocycles. The zero-order valence-electron chi connectivity index (χ0n) is 18.9. The molecule has 5 rings (SSSR count). The van der Waals surface area contributed by atoms with Crippen LogP contribution in [0.1, 0.15) is 22.9 Å². The van der Waals surface area contributed by atoms with E-state index in [-0.39, 0.29) is 5.56 Å². The molecule has 0 spiro atoms. The summed E-state index contributed by atoms with van der Waals surface area (Å²) in [5.74, 6) is 0.0846. The van der Waals surface area contributed by atoms with E-state index in [1.54, 1.807) is 16.8 Å². The number of H-pyrrole nitrogens is 1. The van der Waals surface area contributed by atoms with Crippen LogP contribution in [0.5, 0.6) is 5.75 Å². The number of benzene rings is 3. The number of hydrogen-bond acceptors (Lipinski definition) is 6. The van der Waals surface area contributed by atoms with E-state index in [0.29, 0.717) is 22.4 Å². The fourth-order valence-electron chi connectivity index (χ4n) is 3.91. The summed E-state index contributed by atoms with van der Waals surface area (Å²) in [5.41, 5.74) is 5.04. The van der Waals surface area contributed by atoms with Gasteiger partial charge in [0.2, 0.25) is 5.16 Å². The molecule has 0 bridgehead atoms. The minimum absolute atomic E-state index is 0.216. The molecule has 9 heteroatoms. The number of anilines is 1. The van der Waals surface area contributed by atoms with E-state index in [4.69, 9.17) is 14.9 Å². The van der Waals surface area contributed by atoms with Gasteiger partial charge in [0.15, 0.2) is 6.61 Å². The zero-order chi connectivity index (χ0) is 24.4. The molecule has 0 amide bonds. The average Bonchev–Trinajstić information content (AvgIpc) is 2.87. The van der Waals surface area contributed by atoms with Crippen molar-refractivity contribution in [1.82, 2.24) is 10.1 Å². The van der Waals surface area contributed by atoms with Crippen molar-refractivity contribution in [2.75, 3.05) is 11.9 Å². The Labute approximate surface area is 205 Å². The topological polar surface area (TPSA) is 108 Å². The highest BCUT2D eigenvalue weighted by Gasteiger charge is 2.37. The van der Waals surface area contributed by atoms with E-state index in [0.717, 1.165) is 22.4 Å². The first-order valence-electron chi connectivity index (χ1n) is 11.0. The second kappa shape index (κ2) is 9.63. The van der Waals surface area contributed by atoms with Gasteiger partial charge in [0.25, 0.3) is 6.17 Å². The monoisotopic (exact) mass is 487 g/mol. The Bertz CT molecular complexity index is 1440. The molecular weight excluding hydrogens is 464 g/mol. The third-order valence-corrected chi connectivity index (χ3v) is 6.57. The van der Waals surface area contributed by atoms with Crippen LogP contribution in [0.15, 0.2) is 82.7 Å². The molecule has 2 heterocycles. The lowest BCUT2D eigenvalue weighted by Crippen LogP contribution is -2.55. The summed E-state index contributed by atoms with van der Waals surface area (Å²) in [6.45, 7) is 1.64. The van der Waals surface area contributed by atoms with Crippen molar-refractivity contribution in [3.63, 3.8) is 0 Å². The highest BCUT2D eigenvalue weighted by atomic mass is 32.2. The first kappa shape index (κ1) is 22.7. The lowest BCUT2D eigenvalue weighted by Gasteiger charge is -2.22. The van der Waals surface area contributed by atoms with Gasteiger partial charge < -0.3 is 15.2 Å². The highest BCUT2D eigenvalue weighted by Crippen LogP contribution is 2.32. The fraction of sp³-hybridized carbons (Fsp3) is 0.154. The SMILES string of the molecule is Cc1ccc(CSc2n[n+]3c(c(=O)[nH]2)-c2ccccc2N[C@@H]3c2ccc(OCC(=O)O)cc2)cc1. The molecule has 3 aromatic carbocycles. The molecule has 1 aliphatic rings. The summed E-state index contributed by atoms with van der Waals surface area (Å²) >= 11 is 1.47. The minimum Gasteiger partial charge on any atom is -0.482 e. The number of fused-ring (bicyclic) bond motifs is 3. The van der Waals surface area contributed by atoms with Crippen molar-refractivity contribution in [2.45, 2.75) is 24.0 Å². The Balaban J connectivity index is 1.50. The van der Waals surface area contributed by atoms with Gasteiger partial charge in [0, 0.05) is 16.4 Å². The molecule has 176 valence electrons. The molecule has 0 radical (unpaired) electrons. The lowest BCUT2D eigenvalue weighted by atomic mass is 10.0. The summed E-state index contributed by atoms with van der Waals surface area (Å²) in [7, 11) is 0. The fourth-order valence-corrected chi connectivity index (χ4v) is 4.71. The van der Waals surface area contributed by atoms with Crippen molar-refractivity contribution in [3.05, 3.63) is 99.8 Å². The number of nitrogens with one attached hydrogen (secondary N) is 2. The van der Waals surface area contributed by atoms with Crippen LogP contribution in [0, 0.1) is 6.92 Å². The molecule has 0 saturated carbocycles. The predicted octanol–water partition coefficient (Wildman–Crippen LogP) is 3.76. The molecular formula is C26H23N4O4S+. The van der Waals surface area contributed by atoms with Gasteiger partial charge in [0.1, 0.15) is 5.75 Å². The van der Waals surface area contributed by atoms with Crippen molar-refractivity contribution in [2.24, 2.45) is 0 Å². The van der Waals surface area contributed by atoms with Gasteiger partial charge in [-0.15, -0.1) is 0 Å². The number of aromatic amines is 1. The van der Waals surface area contributed by atoms with E-state index in [2.05, 4.69) is 34.6 Å². The number of carboxylic acid groups (broad SMARTS) is 1. The van der Waals surface area contributed by atoms with E-state index in [9.17, 15) is 9.59 Å². The molecule has 4 aromatic rings. The molecule has 1 atom stereocenters. The Morgan fingerprint density at radius 2 is 1.83 bits per heavy atom. The highest BCUT2D eigenvalue weighted by molar-refractivity contribution is 7.98. The number of para-hydroxylation sites is 1. The molecule has 0 fully saturated rings. The third kappa shape index (κ3) is 4.90. The Morgan fingerprint density at radius 3 is 2.57 bits per heavy atom. The molecule has 0 saturated heterocycles. The van der Waals surface area contributed by atoms with E-state index >= 15 is 0 Å². The molecule has 35 heavy (non-hydrogen) atoms. The van der Waals surface area contributed by atoms with Crippen LogP contribution in [0.2, 0.25) is 0 Å². The van der Waals surface area contributed by atoms with Crippen LogP contribution >= 0.6 is 11.8 Å². The molecule has 0 aliphatic carbocycles. The van der Waals surface area contributed by atoms with Gasteiger partial charge in [-0.1, -0.05) is 53.7 Å². The van der Waals surface area contributed by atoms with Crippen LogP contribution in [0.25, 0.3) is 11.3 Å². The van der Waals surface area contributed by atoms with E-state index < -0.39 is 18.7 Å². The van der Waals surface area contributed by atoms with Crippen LogP contribution in [0.3, 0.4) is 0 Å². The zero-order valence-corrected chi connectivity index (χ0v) is 19.7. The Hall–Kier alpha value is -4.11. The second-order valence-electron chi connectivity index (χ2n) is 8.17. The van der Waals surface area contributed by atoms with E-state index in [1.165, 1.54) is 17.3 Å². The minimum atomic E-state index is -1.04. The van der Waals surface area contributed by atoms with E-state index in [1.807, 2.05) is 43.3 Å². The summed E-state index contributed by atoms with van der Waals surface area (Å²) in [4.78, 5) is 27.0. The van der Waals surface area contributed by atoms with Crippen LogP contribution in [-0.4, -0.2) is 27.8 Å². The molecule has 8 nitrogen and oxygen atoms in total. The predicted molar refractivity (Wildman–Crippen MR) is 133 cm³/mol. The number of nitrogens with zero attached hydrogens (tertiary/aromatic N) is 2. The number of thioether (sulfide) groups is 1. The quantitative estimate of drug-likeness (QED) is 0.269. The summed E-state index contributed by atoms with van der Waals surface area (Å²) in [6.07, 6.45) is -0.436. The number of ether oxygens (including phenoxy) is 1. The number of rotatable bonds is 7. The number of hydrogen-bond donors (Lipinski definition) is 3. The largest absolute Gasteiger partial charge is 0.482 e. The number of aromatic nitrogens is 3. The first-order valence-corrected chi connectivity index (χ1v) is 12.0. The Morgan fingerprint density at radius 1 is 1.09 bits per heavy atom. The number of carbonyl (C=O) groups is 1. The smallest absolute Gasteiger partial charge is 0.341 e. The maximum atomic E-state index is 13.3. The summed E-state index contributed by atoms with van der Waals surface area (Å²) in [6, 6.07) is 23.0. The number of carboxylic acids is 1. The average molecular weight is 488 g/mol. The summed E-state index contributed by atoms with van der Waals surface area (Å²) < 4.78 is 6.97. The van der Waals surface area contributed by atoms with Gasteiger partial charge in [-0.25, -0.2) is 4.79 Å². The number of aryl methyl sites for hydroxylation is 1. The van der Waals surface area contributed by atoms with Gasteiger partial charge in [-0.05, 0) is 53.6 Å². The lowest BCUT2D eigenvalue weighted by molar-refractivity contribution is -0.759. The van der Waals surface area contributed by atoms with Crippen molar-refractivity contribution in [3.8, 4) is 17.0 Å². The van der Waals surface area contributed by atoms with Gasteiger partial charge >= 0.3 is 17.2 Å². The van der Waals surface area contributed by atoms with Crippen molar-refractivity contribution < 1.29 is 19.3 Å². The Kier molecular flexibility index (Phi) is 6.24. The van der Waals surface area contributed by atoms with Crippen molar-refractivity contribution in [1.29, 1.82) is 0 Å². The maximum absolute atomic E-state index is 13.3. The van der Waals surface area contributed by atoms with Crippen LogP contribution < -0.4 is 20.3 Å². The van der Waals surface area contributed by atoms with Crippen LogP contribution in [0.4, 0.5) is 5.69 Å². The van der Waals surface area contributed by atoms with Crippen LogP contribution in [-0.2, 0) is 10.5 Å². The normalized spacial score (nSPS) is 13.9. The third-order valence-electron chi connectivity index (χ3n) is 5.64. The molecule has 1 aliphatic heterocycles. The number of aliphatic carboxylic acids is 1. The maximum Gasteiger partial charge on any atom is 0.341 e. The second-order valence-corrected chi connectivity index (χ2v) is 9.13. The first-order chi connectivity index (χ1) is 17.0. The van der Waals surface area contributed by atoms with Gasteiger partial charge in [0.05, 0.1) is 11.3 Å². The van der Waals surface area contributed by atoms with Gasteiger partial charge in [-0.2, -0.15) is 0 Å².